The summed E-state index contributed by atoms with van der Waals surface area (Å²) in [4.78, 5) is 1.28. The number of thioether (sulfide) groups is 1. The lowest BCUT2D eigenvalue weighted by atomic mass is 10.1. The maximum Gasteiger partial charge on any atom is 0.0662 e. The molecule has 1 saturated carbocycles. The van der Waals surface area contributed by atoms with Crippen LogP contribution < -0.4 is 5.32 Å². The average Bonchev–Trinajstić information content (AvgIpc) is 2.63. The second-order valence-corrected chi connectivity index (χ2v) is 8.42. The second kappa shape index (κ2) is 7.66. The van der Waals surface area contributed by atoms with Gasteiger partial charge in [0, 0.05) is 22.2 Å². The average molecular weight is 308 g/mol. The summed E-state index contributed by atoms with van der Waals surface area (Å²) in [5.41, 5.74) is 1.47. The van der Waals surface area contributed by atoms with Gasteiger partial charge < -0.3 is 10.4 Å². The summed E-state index contributed by atoms with van der Waals surface area (Å²) in [7, 11) is 0. The van der Waals surface area contributed by atoms with Gasteiger partial charge in [0.15, 0.2) is 0 Å². The Balaban J connectivity index is 1.89. The molecule has 0 spiro atoms. The Bertz CT molecular complexity index is 424. The molecule has 2 nitrogen and oxygen atoms in total. The van der Waals surface area contributed by atoms with Crippen LogP contribution in [-0.4, -0.2) is 22.0 Å². The van der Waals surface area contributed by atoms with E-state index in [1.54, 1.807) is 0 Å². The monoisotopic (exact) mass is 307 g/mol. The van der Waals surface area contributed by atoms with Crippen LogP contribution in [0.25, 0.3) is 0 Å². The number of aliphatic hydroxyl groups excluding tert-OH is 1. The molecular weight excluding hydrogens is 278 g/mol. The molecule has 118 valence electrons. The van der Waals surface area contributed by atoms with E-state index in [0.717, 1.165) is 19.4 Å². The number of aliphatic hydroxyl groups is 1. The third-order valence-electron chi connectivity index (χ3n) is 3.95. The van der Waals surface area contributed by atoms with Gasteiger partial charge in [-0.25, -0.2) is 0 Å². The third-order valence-corrected chi connectivity index (χ3v) is 5.35. The molecule has 2 N–H and O–H groups in total. The third kappa shape index (κ3) is 6.01. The fraction of sp³-hybridized carbons (Fsp3) is 0.667. The van der Waals surface area contributed by atoms with Crippen LogP contribution in [0.2, 0.25) is 0 Å². The summed E-state index contributed by atoms with van der Waals surface area (Å²) in [5, 5.41) is 14.1. The molecule has 1 fully saturated rings. The zero-order valence-electron chi connectivity index (χ0n) is 13.6. The van der Waals surface area contributed by atoms with Crippen LogP contribution >= 0.6 is 11.8 Å². The zero-order valence-corrected chi connectivity index (χ0v) is 14.4. The van der Waals surface area contributed by atoms with E-state index in [0.29, 0.717) is 5.25 Å². The summed E-state index contributed by atoms with van der Waals surface area (Å²) in [5.74, 6) is 0. The summed E-state index contributed by atoms with van der Waals surface area (Å²) < 4.78 is 0. The molecule has 1 aliphatic rings. The molecule has 0 aliphatic heterocycles. The summed E-state index contributed by atoms with van der Waals surface area (Å²) in [6.07, 6.45) is 5.66. The molecule has 0 bridgehead atoms. The first kappa shape index (κ1) is 16.9. The van der Waals surface area contributed by atoms with Gasteiger partial charge >= 0.3 is 0 Å². The lowest BCUT2D eigenvalue weighted by Gasteiger charge is -2.21. The van der Waals surface area contributed by atoms with Gasteiger partial charge in [0.05, 0.1) is 6.10 Å². The van der Waals surface area contributed by atoms with Gasteiger partial charge in [0.1, 0.15) is 0 Å². The number of rotatable bonds is 4. The quantitative estimate of drug-likeness (QED) is 0.811. The highest BCUT2D eigenvalue weighted by Crippen LogP contribution is 2.33. The van der Waals surface area contributed by atoms with Crippen molar-refractivity contribution in [1.29, 1.82) is 0 Å². The Morgan fingerprint density at radius 3 is 2.43 bits per heavy atom. The molecule has 2 atom stereocenters. The minimum Gasteiger partial charge on any atom is -0.392 e. The topological polar surface area (TPSA) is 32.3 Å². The number of benzene rings is 1. The highest BCUT2D eigenvalue weighted by molar-refractivity contribution is 8.00. The van der Waals surface area contributed by atoms with Crippen molar-refractivity contribution in [2.45, 2.75) is 81.2 Å². The van der Waals surface area contributed by atoms with E-state index in [1.165, 1.54) is 29.7 Å². The molecule has 1 aromatic carbocycles. The first-order chi connectivity index (χ1) is 9.94. The van der Waals surface area contributed by atoms with Crippen LogP contribution in [-0.2, 0) is 6.54 Å². The van der Waals surface area contributed by atoms with Crippen molar-refractivity contribution in [3.05, 3.63) is 29.8 Å². The van der Waals surface area contributed by atoms with Gasteiger partial charge in [-0.2, -0.15) is 0 Å². The Morgan fingerprint density at radius 1 is 1.10 bits per heavy atom. The predicted octanol–water partition coefficient (Wildman–Crippen LogP) is 4.36. The maximum absolute atomic E-state index is 10.2. The lowest BCUT2D eigenvalue weighted by Crippen LogP contribution is -2.35. The van der Waals surface area contributed by atoms with E-state index in [4.69, 9.17) is 0 Å². The highest BCUT2D eigenvalue weighted by atomic mass is 32.2. The number of hydrogen-bond donors (Lipinski definition) is 2. The van der Waals surface area contributed by atoms with E-state index in [-0.39, 0.29) is 11.6 Å². The molecule has 1 aromatic rings. The van der Waals surface area contributed by atoms with Crippen LogP contribution in [0, 0.1) is 0 Å². The molecule has 0 radical (unpaired) electrons. The standard InChI is InChI=1S/C18H29NOS/c1-18(2,3)19-13-14-9-11-15(12-10-14)21-17-8-6-4-5-7-16(17)20/h9-12,16-17,19-20H,4-8,13H2,1-3H3. The van der Waals surface area contributed by atoms with Gasteiger partial charge in [0.2, 0.25) is 0 Å². The second-order valence-electron chi connectivity index (χ2n) is 7.11. The Morgan fingerprint density at radius 2 is 1.76 bits per heavy atom. The molecule has 2 unspecified atom stereocenters. The summed E-state index contributed by atoms with van der Waals surface area (Å²) >= 11 is 1.85. The van der Waals surface area contributed by atoms with E-state index >= 15 is 0 Å². The molecule has 2 rings (SSSR count). The van der Waals surface area contributed by atoms with Crippen molar-refractivity contribution in [2.75, 3.05) is 0 Å². The lowest BCUT2D eigenvalue weighted by molar-refractivity contribution is 0.163. The minimum absolute atomic E-state index is 0.139. The van der Waals surface area contributed by atoms with Crippen molar-refractivity contribution in [3.8, 4) is 0 Å². The van der Waals surface area contributed by atoms with Crippen LogP contribution in [0.5, 0.6) is 0 Å². The van der Waals surface area contributed by atoms with Crippen molar-refractivity contribution in [1.82, 2.24) is 5.32 Å². The molecule has 0 saturated heterocycles. The van der Waals surface area contributed by atoms with Crippen LogP contribution in [0.15, 0.2) is 29.2 Å². The van der Waals surface area contributed by atoms with Crippen molar-refractivity contribution in [3.63, 3.8) is 0 Å². The first-order valence-electron chi connectivity index (χ1n) is 8.13. The fourth-order valence-electron chi connectivity index (χ4n) is 2.62. The van der Waals surface area contributed by atoms with Crippen LogP contribution in [0.1, 0.15) is 58.4 Å². The van der Waals surface area contributed by atoms with Gasteiger partial charge in [-0.3, -0.25) is 0 Å². The molecule has 21 heavy (non-hydrogen) atoms. The minimum atomic E-state index is -0.139. The van der Waals surface area contributed by atoms with E-state index < -0.39 is 0 Å². The van der Waals surface area contributed by atoms with E-state index in [1.807, 2.05) is 11.8 Å². The van der Waals surface area contributed by atoms with E-state index in [9.17, 15) is 5.11 Å². The van der Waals surface area contributed by atoms with Gasteiger partial charge in [0.25, 0.3) is 0 Å². The summed E-state index contributed by atoms with van der Waals surface area (Å²) in [6.45, 7) is 7.46. The smallest absolute Gasteiger partial charge is 0.0662 e. The largest absolute Gasteiger partial charge is 0.392 e. The Kier molecular flexibility index (Phi) is 6.15. The molecule has 0 heterocycles. The SMILES string of the molecule is CC(C)(C)NCc1ccc(SC2CCCCCC2O)cc1. The zero-order chi connectivity index (χ0) is 15.3. The predicted molar refractivity (Wildman–Crippen MR) is 91.8 cm³/mol. The fourth-order valence-corrected chi connectivity index (χ4v) is 3.84. The van der Waals surface area contributed by atoms with Crippen molar-refractivity contribution in [2.24, 2.45) is 0 Å². The molecule has 3 heteroatoms. The Labute approximate surface area is 133 Å². The normalized spacial score (nSPS) is 23.8. The van der Waals surface area contributed by atoms with Crippen molar-refractivity contribution >= 4 is 11.8 Å². The number of nitrogens with one attached hydrogen (secondary N) is 1. The van der Waals surface area contributed by atoms with Gasteiger partial charge in [-0.15, -0.1) is 11.8 Å². The highest BCUT2D eigenvalue weighted by Gasteiger charge is 2.22. The van der Waals surface area contributed by atoms with Gasteiger partial charge in [-0.1, -0.05) is 31.4 Å². The van der Waals surface area contributed by atoms with Crippen LogP contribution in [0.3, 0.4) is 0 Å². The summed E-state index contributed by atoms with van der Waals surface area (Å²) in [6, 6.07) is 8.79. The van der Waals surface area contributed by atoms with E-state index in [2.05, 4.69) is 50.4 Å². The first-order valence-corrected chi connectivity index (χ1v) is 9.01. The Hall–Kier alpha value is -0.510. The van der Waals surface area contributed by atoms with Crippen LogP contribution in [0.4, 0.5) is 0 Å². The maximum atomic E-state index is 10.2. The molecule has 1 aliphatic carbocycles. The number of hydrogen-bond acceptors (Lipinski definition) is 3. The molecule has 0 aromatic heterocycles. The van der Waals surface area contributed by atoms with Gasteiger partial charge in [-0.05, 0) is 51.3 Å². The molecular formula is C18H29NOS. The van der Waals surface area contributed by atoms with Crippen molar-refractivity contribution < 1.29 is 5.11 Å². The molecule has 0 amide bonds.